The molecular formula is C21H34O4. The Kier molecular flexibility index (Phi) is 11.2. The number of hydrogen-bond acceptors (Lipinski definition) is 3. The first-order valence-corrected chi connectivity index (χ1v) is 9.59. The number of aliphatic hydroxyl groups excluding tert-OH is 1. The van der Waals surface area contributed by atoms with Crippen molar-refractivity contribution in [3.63, 3.8) is 0 Å². The number of carboxylic acid groups (broad SMARTS) is 1. The highest BCUT2D eigenvalue weighted by atomic mass is 16.6. The standard InChI is InChI=1S/C21H34O4/c1-3-4-5-6-7-8-9-10-11-12-13-14-18(22)20-19(25-20)16-15-17(2)21(23)24/h7-8,10-11,13-14,17-20,22H,3-6,9,12,15-16H2,1-2H3,(H,23,24)/b8-7-,11-10-,14-13-. The van der Waals surface area contributed by atoms with E-state index in [2.05, 4.69) is 31.2 Å². The third-order valence-corrected chi connectivity index (χ3v) is 4.45. The highest BCUT2D eigenvalue weighted by Crippen LogP contribution is 2.31. The number of aliphatic hydroxyl groups is 1. The summed E-state index contributed by atoms with van der Waals surface area (Å²) in [5.41, 5.74) is 0. The van der Waals surface area contributed by atoms with Crippen LogP contribution in [-0.2, 0) is 9.53 Å². The van der Waals surface area contributed by atoms with E-state index in [-0.39, 0.29) is 18.1 Å². The van der Waals surface area contributed by atoms with Gasteiger partial charge in [-0.2, -0.15) is 0 Å². The molecule has 142 valence electrons. The number of aliphatic carboxylic acids is 1. The number of allylic oxidation sites excluding steroid dienone is 5. The maximum atomic E-state index is 10.8. The van der Waals surface area contributed by atoms with Crippen LogP contribution in [0.5, 0.6) is 0 Å². The van der Waals surface area contributed by atoms with Gasteiger partial charge in [0.2, 0.25) is 0 Å². The molecule has 1 rings (SSSR count). The fourth-order valence-electron chi connectivity index (χ4n) is 2.63. The van der Waals surface area contributed by atoms with Gasteiger partial charge in [0.25, 0.3) is 0 Å². The van der Waals surface area contributed by atoms with Crippen LogP contribution >= 0.6 is 0 Å². The van der Waals surface area contributed by atoms with E-state index in [0.717, 1.165) is 12.8 Å². The van der Waals surface area contributed by atoms with Crippen LogP contribution in [0.3, 0.4) is 0 Å². The zero-order chi connectivity index (χ0) is 18.5. The molecule has 0 aromatic carbocycles. The maximum absolute atomic E-state index is 10.8. The molecule has 1 fully saturated rings. The normalized spacial score (nSPS) is 22.8. The second kappa shape index (κ2) is 12.9. The summed E-state index contributed by atoms with van der Waals surface area (Å²) < 4.78 is 5.44. The molecule has 4 unspecified atom stereocenters. The summed E-state index contributed by atoms with van der Waals surface area (Å²) in [5, 5.41) is 18.9. The van der Waals surface area contributed by atoms with Crippen LogP contribution in [0, 0.1) is 5.92 Å². The fourth-order valence-corrected chi connectivity index (χ4v) is 2.63. The number of hydrogen-bond donors (Lipinski definition) is 2. The summed E-state index contributed by atoms with van der Waals surface area (Å²) in [5.74, 6) is -1.14. The quantitative estimate of drug-likeness (QED) is 0.272. The van der Waals surface area contributed by atoms with Crippen LogP contribution < -0.4 is 0 Å². The summed E-state index contributed by atoms with van der Waals surface area (Å²) in [4.78, 5) is 10.8. The van der Waals surface area contributed by atoms with E-state index in [1.807, 2.05) is 6.08 Å². The Morgan fingerprint density at radius 3 is 2.48 bits per heavy atom. The van der Waals surface area contributed by atoms with Gasteiger partial charge in [0.15, 0.2) is 0 Å². The number of epoxide rings is 1. The molecule has 0 aromatic heterocycles. The molecule has 0 spiro atoms. The number of unbranched alkanes of at least 4 members (excludes halogenated alkanes) is 3. The van der Waals surface area contributed by atoms with Crippen LogP contribution in [0.1, 0.15) is 65.2 Å². The highest BCUT2D eigenvalue weighted by molar-refractivity contribution is 5.69. The Morgan fingerprint density at radius 1 is 1.12 bits per heavy atom. The van der Waals surface area contributed by atoms with Crippen molar-refractivity contribution in [3.05, 3.63) is 36.5 Å². The van der Waals surface area contributed by atoms with Gasteiger partial charge < -0.3 is 14.9 Å². The highest BCUT2D eigenvalue weighted by Gasteiger charge is 2.43. The predicted molar refractivity (Wildman–Crippen MR) is 101 cm³/mol. The molecule has 4 heteroatoms. The predicted octanol–water partition coefficient (Wildman–Crippen LogP) is 4.64. The van der Waals surface area contributed by atoms with E-state index in [4.69, 9.17) is 9.84 Å². The Labute approximate surface area is 152 Å². The number of carboxylic acids is 1. The summed E-state index contributed by atoms with van der Waals surface area (Å²) in [6, 6.07) is 0. The van der Waals surface area contributed by atoms with Gasteiger partial charge in [0.05, 0.1) is 12.0 Å². The molecule has 0 amide bonds. The van der Waals surface area contributed by atoms with Gasteiger partial charge in [-0.3, -0.25) is 4.79 Å². The summed E-state index contributed by atoms with van der Waals surface area (Å²) >= 11 is 0. The van der Waals surface area contributed by atoms with Gasteiger partial charge in [-0.15, -0.1) is 0 Å². The maximum Gasteiger partial charge on any atom is 0.306 e. The van der Waals surface area contributed by atoms with Crippen molar-refractivity contribution in [1.82, 2.24) is 0 Å². The third-order valence-electron chi connectivity index (χ3n) is 4.45. The minimum atomic E-state index is -0.778. The molecule has 4 nitrogen and oxygen atoms in total. The lowest BCUT2D eigenvalue weighted by Crippen LogP contribution is -2.15. The van der Waals surface area contributed by atoms with E-state index in [1.165, 1.54) is 25.7 Å². The van der Waals surface area contributed by atoms with Crippen molar-refractivity contribution < 1.29 is 19.7 Å². The van der Waals surface area contributed by atoms with Gasteiger partial charge in [0, 0.05) is 0 Å². The van der Waals surface area contributed by atoms with Crippen LogP contribution in [0.25, 0.3) is 0 Å². The zero-order valence-electron chi connectivity index (χ0n) is 15.6. The summed E-state index contributed by atoms with van der Waals surface area (Å²) in [6.07, 6.45) is 19.7. The van der Waals surface area contributed by atoms with Crippen molar-refractivity contribution in [2.45, 2.75) is 83.5 Å². The van der Waals surface area contributed by atoms with Crippen molar-refractivity contribution in [2.75, 3.05) is 0 Å². The fraction of sp³-hybridized carbons (Fsp3) is 0.667. The Hall–Kier alpha value is -1.39. The van der Waals surface area contributed by atoms with E-state index < -0.39 is 12.1 Å². The van der Waals surface area contributed by atoms with Gasteiger partial charge >= 0.3 is 5.97 Å². The Morgan fingerprint density at radius 2 is 1.80 bits per heavy atom. The molecule has 25 heavy (non-hydrogen) atoms. The topological polar surface area (TPSA) is 70.1 Å². The van der Waals surface area contributed by atoms with Crippen molar-refractivity contribution in [3.8, 4) is 0 Å². The molecule has 1 saturated heterocycles. The molecule has 0 bridgehead atoms. The first-order chi connectivity index (χ1) is 12.1. The van der Waals surface area contributed by atoms with Crippen LogP contribution in [0.15, 0.2) is 36.5 Å². The second-order valence-corrected chi connectivity index (χ2v) is 6.78. The van der Waals surface area contributed by atoms with Gasteiger partial charge in [-0.05, 0) is 38.5 Å². The molecule has 1 aliphatic rings. The lowest BCUT2D eigenvalue weighted by Gasteiger charge is -2.04. The molecule has 1 aliphatic heterocycles. The van der Waals surface area contributed by atoms with Gasteiger partial charge in [-0.25, -0.2) is 0 Å². The first kappa shape index (κ1) is 21.7. The minimum absolute atomic E-state index is 0.00478. The summed E-state index contributed by atoms with van der Waals surface area (Å²) in [6.45, 7) is 3.91. The molecule has 0 aromatic rings. The third kappa shape index (κ3) is 10.3. The SMILES string of the molecule is CCCCC/C=C\C/C=C\C/C=C\C(O)C1OC1CCC(C)C(=O)O. The molecule has 2 N–H and O–H groups in total. The van der Waals surface area contributed by atoms with Gasteiger partial charge in [0.1, 0.15) is 12.2 Å². The molecular weight excluding hydrogens is 316 g/mol. The molecule has 0 aliphatic carbocycles. The van der Waals surface area contributed by atoms with Crippen molar-refractivity contribution in [2.24, 2.45) is 5.92 Å². The lowest BCUT2D eigenvalue weighted by molar-refractivity contribution is -0.141. The van der Waals surface area contributed by atoms with Crippen molar-refractivity contribution >= 4 is 5.97 Å². The average Bonchev–Trinajstić information content (AvgIpc) is 3.37. The Bertz CT molecular complexity index is 453. The van der Waals surface area contributed by atoms with E-state index in [1.54, 1.807) is 13.0 Å². The monoisotopic (exact) mass is 350 g/mol. The van der Waals surface area contributed by atoms with E-state index >= 15 is 0 Å². The van der Waals surface area contributed by atoms with Crippen molar-refractivity contribution in [1.29, 1.82) is 0 Å². The van der Waals surface area contributed by atoms with E-state index in [0.29, 0.717) is 12.8 Å². The second-order valence-electron chi connectivity index (χ2n) is 6.78. The number of carbonyl (C=O) groups is 1. The first-order valence-electron chi connectivity index (χ1n) is 9.59. The average molecular weight is 350 g/mol. The molecule has 4 atom stereocenters. The van der Waals surface area contributed by atoms with Gasteiger partial charge in [-0.1, -0.05) is 63.1 Å². The molecule has 0 saturated carbocycles. The number of ether oxygens (including phenoxy) is 1. The largest absolute Gasteiger partial charge is 0.481 e. The minimum Gasteiger partial charge on any atom is -0.481 e. The van der Waals surface area contributed by atoms with E-state index in [9.17, 15) is 9.90 Å². The molecule has 0 radical (unpaired) electrons. The van der Waals surface area contributed by atoms with Crippen LogP contribution in [0.2, 0.25) is 0 Å². The zero-order valence-corrected chi connectivity index (χ0v) is 15.6. The lowest BCUT2D eigenvalue weighted by atomic mass is 10.0. The van der Waals surface area contributed by atoms with Crippen LogP contribution in [0.4, 0.5) is 0 Å². The smallest absolute Gasteiger partial charge is 0.306 e. The summed E-state index contributed by atoms with van der Waals surface area (Å²) in [7, 11) is 0. The Balaban J connectivity index is 2.06. The van der Waals surface area contributed by atoms with Crippen LogP contribution in [-0.4, -0.2) is 34.5 Å². The molecule has 1 heterocycles. The number of rotatable bonds is 14.